The SMILES string of the molecule is COc1ccc(F)cc1-c1noc(CN)c1C. The number of aromatic nitrogens is 1. The van der Waals surface area contributed by atoms with Gasteiger partial charge in [-0.25, -0.2) is 4.39 Å². The predicted molar refractivity (Wildman–Crippen MR) is 61.1 cm³/mol. The van der Waals surface area contributed by atoms with E-state index in [1.165, 1.54) is 19.2 Å². The summed E-state index contributed by atoms with van der Waals surface area (Å²) >= 11 is 0. The lowest BCUT2D eigenvalue weighted by molar-refractivity contribution is 0.384. The number of hydrogen-bond donors (Lipinski definition) is 1. The molecule has 5 heteroatoms. The third-order valence-corrected chi connectivity index (χ3v) is 2.62. The second kappa shape index (κ2) is 4.55. The monoisotopic (exact) mass is 236 g/mol. The molecule has 0 fully saturated rings. The molecule has 0 atom stereocenters. The summed E-state index contributed by atoms with van der Waals surface area (Å²) in [6.45, 7) is 2.09. The highest BCUT2D eigenvalue weighted by atomic mass is 19.1. The van der Waals surface area contributed by atoms with E-state index in [1.54, 1.807) is 6.07 Å². The van der Waals surface area contributed by atoms with E-state index in [9.17, 15) is 4.39 Å². The zero-order chi connectivity index (χ0) is 12.4. The molecule has 0 amide bonds. The molecule has 0 bridgehead atoms. The molecule has 1 heterocycles. The number of ether oxygens (including phenoxy) is 1. The molecule has 0 aliphatic heterocycles. The van der Waals surface area contributed by atoms with Crippen molar-refractivity contribution in [2.45, 2.75) is 13.5 Å². The van der Waals surface area contributed by atoms with Gasteiger partial charge in [0.1, 0.15) is 17.3 Å². The van der Waals surface area contributed by atoms with Gasteiger partial charge in [0.15, 0.2) is 5.76 Å². The van der Waals surface area contributed by atoms with Crippen molar-refractivity contribution in [2.24, 2.45) is 5.73 Å². The molecule has 2 aromatic rings. The van der Waals surface area contributed by atoms with Crippen LogP contribution in [0.5, 0.6) is 5.75 Å². The quantitative estimate of drug-likeness (QED) is 0.887. The van der Waals surface area contributed by atoms with E-state index in [4.69, 9.17) is 15.0 Å². The number of rotatable bonds is 3. The van der Waals surface area contributed by atoms with Gasteiger partial charge in [-0.15, -0.1) is 0 Å². The Bertz CT molecular complexity index is 537. The molecule has 0 spiro atoms. The van der Waals surface area contributed by atoms with E-state index in [0.717, 1.165) is 5.56 Å². The van der Waals surface area contributed by atoms with Crippen LogP contribution in [-0.2, 0) is 6.54 Å². The van der Waals surface area contributed by atoms with Gasteiger partial charge >= 0.3 is 0 Å². The minimum atomic E-state index is -0.350. The molecule has 90 valence electrons. The summed E-state index contributed by atoms with van der Waals surface area (Å²) in [6.07, 6.45) is 0. The number of benzene rings is 1. The summed E-state index contributed by atoms with van der Waals surface area (Å²) in [5, 5.41) is 3.90. The molecule has 0 aliphatic carbocycles. The van der Waals surface area contributed by atoms with Crippen LogP contribution in [0.25, 0.3) is 11.3 Å². The Morgan fingerprint density at radius 3 is 2.82 bits per heavy atom. The molecule has 1 aromatic carbocycles. The van der Waals surface area contributed by atoms with E-state index in [0.29, 0.717) is 22.8 Å². The van der Waals surface area contributed by atoms with Gasteiger partial charge in [0.05, 0.1) is 13.7 Å². The predicted octanol–water partition coefficient (Wildman–Crippen LogP) is 2.26. The number of methoxy groups -OCH3 is 1. The number of hydrogen-bond acceptors (Lipinski definition) is 4. The number of nitrogens with two attached hydrogens (primary N) is 1. The Balaban J connectivity index is 2.58. The average Bonchev–Trinajstić information content (AvgIpc) is 2.70. The first-order valence-corrected chi connectivity index (χ1v) is 5.16. The maximum absolute atomic E-state index is 13.3. The molecule has 2 N–H and O–H groups in total. The average molecular weight is 236 g/mol. The van der Waals surface area contributed by atoms with Gasteiger partial charge in [-0.2, -0.15) is 0 Å². The van der Waals surface area contributed by atoms with Crippen LogP contribution in [0.2, 0.25) is 0 Å². The standard InChI is InChI=1S/C12H13FN2O2/c1-7-11(6-14)17-15-12(7)9-5-8(13)3-4-10(9)16-2/h3-5H,6,14H2,1-2H3. The van der Waals surface area contributed by atoms with E-state index in [2.05, 4.69) is 5.16 Å². The molecule has 0 radical (unpaired) electrons. The second-order valence-corrected chi connectivity index (χ2v) is 3.63. The molecule has 0 unspecified atom stereocenters. The molecular formula is C12H13FN2O2. The zero-order valence-corrected chi connectivity index (χ0v) is 9.66. The first kappa shape index (κ1) is 11.6. The topological polar surface area (TPSA) is 61.3 Å². The fourth-order valence-corrected chi connectivity index (χ4v) is 1.68. The Labute approximate surface area is 98.2 Å². The normalized spacial score (nSPS) is 10.6. The molecule has 4 nitrogen and oxygen atoms in total. The third kappa shape index (κ3) is 2.01. The minimum Gasteiger partial charge on any atom is -0.496 e. The molecular weight excluding hydrogens is 223 g/mol. The van der Waals surface area contributed by atoms with Crippen LogP contribution < -0.4 is 10.5 Å². The van der Waals surface area contributed by atoms with Crippen molar-refractivity contribution in [1.82, 2.24) is 5.16 Å². The molecule has 1 aromatic heterocycles. The van der Waals surface area contributed by atoms with E-state index in [-0.39, 0.29) is 12.4 Å². The van der Waals surface area contributed by atoms with Crippen molar-refractivity contribution in [2.75, 3.05) is 7.11 Å². The maximum atomic E-state index is 13.3. The lowest BCUT2D eigenvalue weighted by Gasteiger charge is -2.06. The fraction of sp³-hybridized carbons (Fsp3) is 0.250. The largest absolute Gasteiger partial charge is 0.496 e. The van der Waals surface area contributed by atoms with Gasteiger partial charge in [-0.3, -0.25) is 0 Å². The molecule has 2 rings (SSSR count). The molecule has 0 saturated carbocycles. The van der Waals surface area contributed by atoms with Crippen LogP contribution in [0.4, 0.5) is 4.39 Å². The van der Waals surface area contributed by atoms with Gasteiger partial charge in [-0.05, 0) is 25.1 Å². The smallest absolute Gasteiger partial charge is 0.153 e. The Morgan fingerprint density at radius 2 is 2.24 bits per heavy atom. The maximum Gasteiger partial charge on any atom is 0.153 e. The number of nitrogens with zero attached hydrogens (tertiary/aromatic N) is 1. The van der Waals surface area contributed by atoms with Crippen molar-refractivity contribution < 1.29 is 13.7 Å². The van der Waals surface area contributed by atoms with Crippen molar-refractivity contribution in [1.29, 1.82) is 0 Å². The van der Waals surface area contributed by atoms with Crippen LogP contribution in [0.15, 0.2) is 22.7 Å². The molecule has 17 heavy (non-hydrogen) atoms. The summed E-state index contributed by atoms with van der Waals surface area (Å²) < 4.78 is 23.5. The highest BCUT2D eigenvalue weighted by Gasteiger charge is 2.16. The van der Waals surface area contributed by atoms with Crippen LogP contribution in [-0.4, -0.2) is 12.3 Å². The summed E-state index contributed by atoms with van der Waals surface area (Å²) in [4.78, 5) is 0. The number of halogens is 1. The summed E-state index contributed by atoms with van der Waals surface area (Å²) in [5.41, 5.74) is 7.43. The van der Waals surface area contributed by atoms with E-state index in [1.807, 2.05) is 6.92 Å². The second-order valence-electron chi connectivity index (χ2n) is 3.63. The van der Waals surface area contributed by atoms with E-state index >= 15 is 0 Å². The first-order chi connectivity index (χ1) is 8.17. The van der Waals surface area contributed by atoms with Gasteiger partial charge in [0, 0.05) is 11.1 Å². The Kier molecular flexibility index (Phi) is 3.10. The zero-order valence-electron chi connectivity index (χ0n) is 9.66. The van der Waals surface area contributed by atoms with Crippen molar-refractivity contribution >= 4 is 0 Å². The van der Waals surface area contributed by atoms with Crippen LogP contribution in [0.3, 0.4) is 0 Å². The van der Waals surface area contributed by atoms with Crippen molar-refractivity contribution in [3.63, 3.8) is 0 Å². The van der Waals surface area contributed by atoms with Gasteiger partial charge in [-0.1, -0.05) is 5.16 Å². The lowest BCUT2D eigenvalue weighted by Crippen LogP contribution is -1.96. The first-order valence-electron chi connectivity index (χ1n) is 5.16. The highest BCUT2D eigenvalue weighted by molar-refractivity contribution is 5.70. The highest BCUT2D eigenvalue weighted by Crippen LogP contribution is 2.32. The lowest BCUT2D eigenvalue weighted by atomic mass is 10.1. The third-order valence-electron chi connectivity index (χ3n) is 2.62. The van der Waals surface area contributed by atoms with Crippen molar-refractivity contribution in [3.05, 3.63) is 35.3 Å². The minimum absolute atomic E-state index is 0.260. The van der Waals surface area contributed by atoms with Gasteiger partial charge in [0.25, 0.3) is 0 Å². The summed E-state index contributed by atoms with van der Waals surface area (Å²) in [6, 6.07) is 4.26. The van der Waals surface area contributed by atoms with Crippen LogP contribution in [0.1, 0.15) is 11.3 Å². The van der Waals surface area contributed by atoms with Crippen molar-refractivity contribution in [3.8, 4) is 17.0 Å². The fourth-order valence-electron chi connectivity index (χ4n) is 1.68. The molecule has 0 aliphatic rings. The molecule has 0 saturated heterocycles. The van der Waals surface area contributed by atoms with Gasteiger partial charge < -0.3 is 15.0 Å². The Morgan fingerprint density at radius 1 is 1.47 bits per heavy atom. The summed E-state index contributed by atoms with van der Waals surface area (Å²) in [5.74, 6) is 0.787. The summed E-state index contributed by atoms with van der Waals surface area (Å²) in [7, 11) is 1.52. The van der Waals surface area contributed by atoms with Crippen LogP contribution >= 0.6 is 0 Å². The van der Waals surface area contributed by atoms with E-state index < -0.39 is 0 Å². The Hall–Kier alpha value is -1.88. The van der Waals surface area contributed by atoms with Gasteiger partial charge in [0.2, 0.25) is 0 Å². The van der Waals surface area contributed by atoms with Crippen LogP contribution in [0, 0.1) is 12.7 Å².